The molecule has 2 aliphatic rings. The quantitative estimate of drug-likeness (QED) is 0.842. The Morgan fingerprint density at radius 2 is 2.00 bits per heavy atom. The van der Waals surface area contributed by atoms with Crippen molar-refractivity contribution >= 4 is 16.9 Å². The number of para-hydroxylation sites is 1. The third kappa shape index (κ3) is 3.13. The minimum atomic E-state index is 0.00333. The number of benzene rings is 1. The second-order valence-electron chi connectivity index (χ2n) is 6.79. The first-order valence-corrected chi connectivity index (χ1v) is 8.69. The van der Waals surface area contributed by atoms with E-state index in [4.69, 9.17) is 9.15 Å². The lowest BCUT2D eigenvalue weighted by atomic mass is 9.85. The van der Waals surface area contributed by atoms with E-state index in [1.54, 1.807) is 0 Å². The van der Waals surface area contributed by atoms with Crippen LogP contribution in [0.3, 0.4) is 0 Å². The molecule has 1 amide bonds. The van der Waals surface area contributed by atoms with Crippen LogP contribution in [0.4, 0.5) is 0 Å². The third-order valence-electron chi connectivity index (χ3n) is 5.07. The standard InChI is InChI=1S/C19H23NO3/c21-19(18-11-15-7-1-2-9-17(15)23-18)20(12-14-5-3-6-14)13-16-8-4-10-22-16/h1-2,7,9,11,14,16H,3-6,8,10,12-13H2. The Hall–Kier alpha value is -1.81. The monoisotopic (exact) mass is 313 g/mol. The van der Waals surface area contributed by atoms with Crippen LogP contribution in [0, 0.1) is 5.92 Å². The summed E-state index contributed by atoms with van der Waals surface area (Å²) in [6.45, 7) is 2.34. The van der Waals surface area contributed by atoms with Crippen molar-refractivity contribution in [3.63, 3.8) is 0 Å². The molecule has 23 heavy (non-hydrogen) atoms. The van der Waals surface area contributed by atoms with Crippen LogP contribution in [-0.2, 0) is 4.74 Å². The molecule has 4 nitrogen and oxygen atoms in total. The van der Waals surface area contributed by atoms with E-state index in [1.807, 2.05) is 35.2 Å². The zero-order valence-corrected chi connectivity index (χ0v) is 13.4. The van der Waals surface area contributed by atoms with E-state index in [-0.39, 0.29) is 12.0 Å². The molecule has 1 saturated carbocycles. The number of hydrogen-bond donors (Lipinski definition) is 0. The fourth-order valence-corrected chi connectivity index (χ4v) is 3.50. The Balaban J connectivity index is 1.54. The summed E-state index contributed by atoms with van der Waals surface area (Å²) in [6.07, 6.45) is 6.08. The number of hydrogen-bond acceptors (Lipinski definition) is 3. The van der Waals surface area contributed by atoms with Crippen LogP contribution >= 0.6 is 0 Å². The molecule has 4 heteroatoms. The molecule has 0 bridgehead atoms. The van der Waals surface area contributed by atoms with Gasteiger partial charge < -0.3 is 14.1 Å². The van der Waals surface area contributed by atoms with Gasteiger partial charge in [-0.05, 0) is 43.7 Å². The van der Waals surface area contributed by atoms with Crippen molar-refractivity contribution in [2.45, 2.75) is 38.2 Å². The number of furan rings is 1. The Morgan fingerprint density at radius 1 is 1.13 bits per heavy atom. The predicted molar refractivity (Wildman–Crippen MR) is 88.4 cm³/mol. The van der Waals surface area contributed by atoms with Gasteiger partial charge in [-0.3, -0.25) is 4.79 Å². The molecule has 4 rings (SSSR count). The van der Waals surface area contributed by atoms with Gasteiger partial charge in [-0.2, -0.15) is 0 Å². The van der Waals surface area contributed by atoms with Gasteiger partial charge in [0.15, 0.2) is 5.76 Å². The van der Waals surface area contributed by atoms with Crippen LogP contribution in [-0.4, -0.2) is 36.6 Å². The van der Waals surface area contributed by atoms with E-state index in [1.165, 1.54) is 19.3 Å². The van der Waals surface area contributed by atoms with Crippen molar-refractivity contribution in [3.05, 3.63) is 36.1 Å². The van der Waals surface area contributed by atoms with E-state index in [2.05, 4.69) is 0 Å². The van der Waals surface area contributed by atoms with Gasteiger partial charge in [0.25, 0.3) is 5.91 Å². The van der Waals surface area contributed by atoms with Crippen LogP contribution in [0.1, 0.15) is 42.7 Å². The van der Waals surface area contributed by atoms with E-state index in [9.17, 15) is 4.79 Å². The third-order valence-corrected chi connectivity index (χ3v) is 5.07. The molecule has 2 heterocycles. The van der Waals surface area contributed by atoms with E-state index in [0.29, 0.717) is 18.2 Å². The number of carbonyl (C=O) groups excluding carboxylic acids is 1. The van der Waals surface area contributed by atoms with Gasteiger partial charge in [0.1, 0.15) is 5.58 Å². The van der Waals surface area contributed by atoms with Gasteiger partial charge in [-0.15, -0.1) is 0 Å². The first-order valence-electron chi connectivity index (χ1n) is 8.69. The number of nitrogens with zero attached hydrogens (tertiary/aromatic N) is 1. The van der Waals surface area contributed by atoms with Crippen molar-refractivity contribution in [1.82, 2.24) is 4.90 Å². The highest BCUT2D eigenvalue weighted by Gasteiger charge is 2.29. The average Bonchev–Trinajstić information content (AvgIpc) is 3.17. The number of ether oxygens (including phenoxy) is 1. The fraction of sp³-hybridized carbons (Fsp3) is 0.526. The second-order valence-corrected chi connectivity index (χ2v) is 6.79. The van der Waals surface area contributed by atoms with Gasteiger partial charge in [0.05, 0.1) is 6.10 Å². The molecule has 1 saturated heterocycles. The predicted octanol–water partition coefficient (Wildman–Crippen LogP) is 3.85. The summed E-state index contributed by atoms with van der Waals surface area (Å²) in [5.74, 6) is 1.09. The van der Waals surface area contributed by atoms with Crippen LogP contribution in [0.5, 0.6) is 0 Å². The normalized spacial score (nSPS) is 21.5. The maximum absolute atomic E-state index is 13.0. The van der Waals surface area contributed by atoms with E-state index in [0.717, 1.165) is 37.0 Å². The highest BCUT2D eigenvalue weighted by atomic mass is 16.5. The fourth-order valence-electron chi connectivity index (χ4n) is 3.50. The highest BCUT2D eigenvalue weighted by Crippen LogP contribution is 2.29. The lowest BCUT2D eigenvalue weighted by Gasteiger charge is -2.33. The van der Waals surface area contributed by atoms with Crippen molar-refractivity contribution in [3.8, 4) is 0 Å². The number of amides is 1. The van der Waals surface area contributed by atoms with Crippen LogP contribution in [0.25, 0.3) is 11.0 Å². The van der Waals surface area contributed by atoms with Gasteiger partial charge >= 0.3 is 0 Å². The molecule has 1 atom stereocenters. The van der Waals surface area contributed by atoms with Gasteiger partial charge in [-0.1, -0.05) is 24.6 Å². The zero-order chi connectivity index (χ0) is 15.6. The molecule has 0 radical (unpaired) electrons. The molecule has 1 unspecified atom stereocenters. The van der Waals surface area contributed by atoms with Crippen molar-refractivity contribution in [1.29, 1.82) is 0 Å². The molecule has 1 aromatic heterocycles. The molecule has 0 spiro atoms. The highest BCUT2D eigenvalue weighted by molar-refractivity contribution is 5.96. The summed E-state index contributed by atoms with van der Waals surface area (Å²) < 4.78 is 11.5. The topological polar surface area (TPSA) is 42.7 Å². The first-order chi connectivity index (χ1) is 11.3. The SMILES string of the molecule is O=C(c1cc2ccccc2o1)N(CC1CCC1)CC1CCCO1. The minimum absolute atomic E-state index is 0.00333. The van der Waals surface area contributed by atoms with Crippen LogP contribution in [0.15, 0.2) is 34.7 Å². The Bertz CT molecular complexity index is 650. The summed E-state index contributed by atoms with van der Waals surface area (Å²) in [5, 5.41) is 0.983. The second kappa shape index (κ2) is 6.36. The van der Waals surface area contributed by atoms with Crippen LogP contribution < -0.4 is 0 Å². The minimum Gasteiger partial charge on any atom is -0.451 e. The molecule has 122 valence electrons. The summed E-state index contributed by atoms with van der Waals surface area (Å²) >= 11 is 0. The van der Waals surface area contributed by atoms with Gasteiger partial charge in [-0.25, -0.2) is 0 Å². The zero-order valence-electron chi connectivity index (χ0n) is 13.4. The van der Waals surface area contributed by atoms with Gasteiger partial charge in [0.2, 0.25) is 0 Å². The maximum atomic E-state index is 13.0. The Morgan fingerprint density at radius 3 is 2.70 bits per heavy atom. The molecule has 0 N–H and O–H groups in total. The molecule has 1 aromatic carbocycles. The summed E-state index contributed by atoms with van der Waals surface area (Å²) in [4.78, 5) is 14.9. The van der Waals surface area contributed by atoms with Gasteiger partial charge in [0, 0.05) is 25.1 Å². The molecule has 1 aliphatic heterocycles. The molecule has 1 aliphatic carbocycles. The van der Waals surface area contributed by atoms with E-state index >= 15 is 0 Å². The van der Waals surface area contributed by atoms with E-state index < -0.39 is 0 Å². The molecular formula is C19H23NO3. The smallest absolute Gasteiger partial charge is 0.289 e. The lowest BCUT2D eigenvalue weighted by molar-refractivity contribution is 0.0427. The van der Waals surface area contributed by atoms with Crippen LogP contribution in [0.2, 0.25) is 0 Å². The number of rotatable bonds is 5. The summed E-state index contributed by atoms with van der Waals surface area (Å²) in [6, 6.07) is 9.64. The number of fused-ring (bicyclic) bond motifs is 1. The Labute approximate surface area is 136 Å². The lowest BCUT2D eigenvalue weighted by Crippen LogP contribution is -2.41. The maximum Gasteiger partial charge on any atom is 0.289 e. The summed E-state index contributed by atoms with van der Waals surface area (Å²) in [5.41, 5.74) is 0.775. The summed E-state index contributed by atoms with van der Waals surface area (Å²) in [7, 11) is 0. The van der Waals surface area contributed by atoms with Crippen molar-refractivity contribution < 1.29 is 13.9 Å². The molecular weight excluding hydrogens is 290 g/mol. The number of carbonyl (C=O) groups is 1. The first kappa shape index (κ1) is 14.8. The Kier molecular flexibility index (Phi) is 4.08. The van der Waals surface area contributed by atoms with Crippen molar-refractivity contribution in [2.24, 2.45) is 5.92 Å². The largest absolute Gasteiger partial charge is 0.451 e. The molecule has 2 fully saturated rings. The molecule has 2 aromatic rings. The average molecular weight is 313 g/mol. The van der Waals surface area contributed by atoms with Crippen molar-refractivity contribution in [2.75, 3.05) is 19.7 Å².